The fraction of sp³-hybridized carbons (Fsp3) is 0.400. The quantitative estimate of drug-likeness (QED) is 0.798. The van der Waals surface area contributed by atoms with Crippen molar-refractivity contribution in [3.63, 3.8) is 0 Å². The SMILES string of the molecule is CCC[C@@H](N)c1nnc2ccccn12. The van der Waals surface area contributed by atoms with E-state index in [-0.39, 0.29) is 6.04 Å². The summed E-state index contributed by atoms with van der Waals surface area (Å²) < 4.78 is 1.94. The summed E-state index contributed by atoms with van der Waals surface area (Å²) in [7, 11) is 0. The highest BCUT2D eigenvalue weighted by atomic mass is 15.3. The molecule has 0 radical (unpaired) electrons. The molecular weight excluding hydrogens is 176 g/mol. The van der Waals surface area contributed by atoms with Gasteiger partial charge in [0, 0.05) is 6.20 Å². The maximum atomic E-state index is 5.99. The highest BCUT2D eigenvalue weighted by Gasteiger charge is 2.11. The molecule has 0 spiro atoms. The van der Waals surface area contributed by atoms with Crippen molar-refractivity contribution in [2.45, 2.75) is 25.8 Å². The smallest absolute Gasteiger partial charge is 0.160 e. The van der Waals surface area contributed by atoms with Gasteiger partial charge in [-0.2, -0.15) is 0 Å². The van der Waals surface area contributed by atoms with Crippen LogP contribution in [0.2, 0.25) is 0 Å². The van der Waals surface area contributed by atoms with Crippen molar-refractivity contribution < 1.29 is 0 Å². The molecule has 0 unspecified atom stereocenters. The number of pyridine rings is 1. The first-order valence-corrected chi connectivity index (χ1v) is 4.88. The molecule has 0 aliphatic rings. The third kappa shape index (κ3) is 1.48. The van der Waals surface area contributed by atoms with Crippen LogP contribution in [-0.2, 0) is 0 Å². The number of rotatable bonds is 3. The van der Waals surface area contributed by atoms with Crippen LogP contribution in [-0.4, -0.2) is 14.6 Å². The fourth-order valence-electron chi connectivity index (χ4n) is 1.55. The average Bonchev–Trinajstić information content (AvgIpc) is 2.61. The monoisotopic (exact) mass is 190 g/mol. The number of nitrogens with zero attached hydrogens (tertiary/aromatic N) is 3. The van der Waals surface area contributed by atoms with Gasteiger partial charge >= 0.3 is 0 Å². The van der Waals surface area contributed by atoms with Crippen LogP contribution < -0.4 is 5.73 Å². The Morgan fingerprint density at radius 3 is 3.07 bits per heavy atom. The predicted octanol–water partition coefficient (Wildman–Crippen LogP) is 1.53. The van der Waals surface area contributed by atoms with Gasteiger partial charge in [-0.15, -0.1) is 10.2 Å². The second-order valence-electron chi connectivity index (χ2n) is 3.38. The molecule has 0 fully saturated rings. The van der Waals surface area contributed by atoms with E-state index >= 15 is 0 Å². The lowest BCUT2D eigenvalue weighted by Crippen LogP contribution is -2.13. The highest BCUT2D eigenvalue weighted by Crippen LogP contribution is 2.14. The molecule has 2 heterocycles. The lowest BCUT2D eigenvalue weighted by Gasteiger charge is -2.07. The van der Waals surface area contributed by atoms with Crippen LogP contribution in [0.3, 0.4) is 0 Å². The van der Waals surface area contributed by atoms with E-state index in [1.165, 1.54) is 0 Å². The van der Waals surface area contributed by atoms with Crippen molar-refractivity contribution in [2.24, 2.45) is 5.73 Å². The standard InChI is InChI=1S/C10H14N4/c1-2-5-8(11)10-13-12-9-6-3-4-7-14(9)10/h3-4,6-8H,2,5,11H2,1H3/t8-/m1/s1. The maximum Gasteiger partial charge on any atom is 0.160 e. The van der Waals surface area contributed by atoms with Crippen molar-refractivity contribution in [1.29, 1.82) is 0 Å². The lowest BCUT2D eigenvalue weighted by atomic mass is 10.2. The minimum atomic E-state index is -0.0163. The van der Waals surface area contributed by atoms with E-state index in [0.29, 0.717) is 0 Å². The maximum absolute atomic E-state index is 5.99. The van der Waals surface area contributed by atoms with E-state index < -0.39 is 0 Å². The van der Waals surface area contributed by atoms with Gasteiger partial charge in [0.25, 0.3) is 0 Å². The van der Waals surface area contributed by atoms with Crippen LogP contribution in [0.1, 0.15) is 31.6 Å². The Balaban J connectivity index is 2.42. The molecule has 2 aromatic heterocycles. The Kier molecular flexibility index (Phi) is 2.45. The van der Waals surface area contributed by atoms with Crippen molar-refractivity contribution in [3.8, 4) is 0 Å². The number of nitrogens with two attached hydrogens (primary N) is 1. The molecule has 2 aromatic rings. The van der Waals surface area contributed by atoms with Crippen molar-refractivity contribution >= 4 is 5.65 Å². The van der Waals surface area contributed by atoms with Crippen molar-refractivity contribution in [1.82, 2.24) is 14.6 Å². The second-order valence-corrected chi connectivity index (χ2v) is 3.38. The largest absolute Gasteiger partial charge is 0.321 e. The molecule has 2 N–H and O–H groups in total. The summed E-state index contributed by atoms with van der Waals surface area (Å²) in [5.74, 6) is 0.849. The third-order valence-corrected chi connectivity index (χ3v) is 2.27. The number of hydrogen-bond acceptors (Lipinski definition) is 3. The molecule has 74 valence electrons. The van der Waals surface area contributed by atoms with Gasteiger partial charge in [-0.1, -0.05) is 19.4 Å². The van der Waals surface area contributed by atoms with Gasteiger partial charge in [-0.05, 0) is 18.6 Å². The van der Waals surface area contributed by atoms with Crippen LogP contribution >= 0.6 is 0 Å². The molecule has 0 saturated heterocycles. The number of hydrogen-bond donors (Lipinski definition) is 1. The summed E-state index contributed by atoms with van der Waals surface area (Å²) >= 11 is 0. The van der Waals surface area contributed by atoms with E-state index in [0.717, 1.165) is 24.3 Å². The van der Waals surface area contributed by atoms with Crippen molar-refractivity contribution in [3.05, 3.63) is 30.2 Å². The molecule has 0 aliphatic heterocycles. The average molecular weight is 190 g/mol. The molecule has 14 heavy (non-hydrogen) atoms. The first-order chi connectivity index (χ1) is 6.83. The molecule has 0 aromatic carbocycles. The van der Waals surface area contributed by atoms with Gasteiger partial charge in [0.2, 0.25) is 0 Å². The molecule has 4 nitrogen and oxygen atoms in total. The van der Waals surface area contributed by atoms with E-state index in [9.17, 15) is 0 Å². The zero-order valence-electron chi connectivity index (χ0n) is 8.22. The molecule has 2 rings (SSSR count). The number of aromatic nitrogens is 3. The number of fused-ring (bicyclic) bond motifs is 1. The zero-order chi connectivity index (χ0) is 9.97. The molecule has 0 saturated carbocycles. The van der Waals surface area contributed by atoms with Gasteiger partial charge in [0.05, 0.1) is 6.04 Å². The Hall–Kier alpha value is -1.42. The molecular formula is C10H14N4. The van der Waals surface area contributed by atoms with Gasteiger partial charge < -0.3 is 5.73 Å². The molecule has 1 atom stereocenters. The van der Waals surface area contributed by atoms with Gasteiger partial charge in [0.1, 0.15) is 0 Å². The van der Waals surface area contributed by atoms with Crippen LogP contribution in [0.25, 0.3) is 5.65 Å². The first-order valence-electron chi connectivity index (χ1n) is 4.88. The third-order valence-electron chi connectivity index (χ3n) is 2.27. The van der Waals surface area contributed by atoms with Crippen LogP contribution in [0, 0.1) is 0 Å². The fourth-order valence-corrected chi connectivity index (χ4v) is 1.55. The normalized spacial score (nSPS) is 13.3. The lowest BCUT2D eigenvalue weighted by molar-refractivity contribution is 0.596. The minimum Gasteiger partial charge on any atom is -0.321 e. The molecule has 0 amide bonds. The van der Waals surface area contributed by atoms with Gasteiger partial charge in [0.15, 0.2) is 11.5 Å². The minimum absolute atomic E-state index is 0.0163. The van der Waals surface area contributed by atoms with Crippen LogP contribution in [0.4, 0.5) is 0 Å². The summed E-state index contributed by atoms with van der Waals surface area (Å²) in [5.41, 5.74) is 6.85. The summed E-state index contributed by atoms with van der Waals surface area (Å²) in [5, 5.41) is 8.16. The van der Waals surface area contributed by atoms with E-state index in [1.54, 1.807) is 0 Å². The Morgan fingerprint density at radius 2 is 2.29 bits per heavy atom. The highest BCUT2D eigenvalue weighted by molar-refractivity contribution is 5.37. The van der Waals surface area contributed by atoms with Crippen LogP contribution in [0.15, 0.2) is 24.4 Å². The topological polar surface area (TPSA) is 56.2 Å². The van der Waals surface area contributed by atoms with Gasteiger partial charge in [-0.25, -0.2) is 0 Å². The molecule has 0 aliphatic carbocycles. The summed E-state index contributed by atoms with van der Waals surface area (Å²) in [6.07, 6.45) is 3.94. The van der Waals surface area contributed by atoms with E-state index in [4.69, 9.17) is 5.73 Å². The summed E-state index contributed by atoms with van der Waals surface area (Å²) in [4.78, 5) is 0. The van der Waals surface area contributed by atoms with Crippen LogP contribution in [0.5, 0.6) is 0 Å². The molecule has 0 bridgehead atoms. The first kappa shape index (κ1) is 9.15. The Bertz CT molecular complexity index is 421. The zero-order valence-corrected chi connectivity index (χ0v) is 8.22. The van der Waals surface area contributed by atoms with Crippen molar-refractivity contribution in [2.75, 3.05) is 0 Å². The predicted molar refractivity (Wildman–Crippen MR) is 54.8 cm³/mol. The summed E-state index contributed by atoms with van der Waals surface area (Å²) in [6, 6.07) is 5.81. The Morgan fingerprint density at radius 1 is 1.43 bits per heavy atom. The summed E-state index contributed by atoms with van der Waals surface area (Å²) in [6.45, 7) is 2.11. The van der Waals surface area contributed by atoms with Gasteiger partial charge in [-0.3, -0.25) is 4.40 Å². The Labute approximate surface area is 82.8 Å². The van der Waals surface area contributed by atoms with E-state index in [2.05, 4.69) is 17.1 Å². The second kappa shape index (κ2) is 3.75. The molecule has 4 heteroatoms. The van der Waals surface area contributed by atoms with E-state index in [1.807, 2.05) is 28.8 Å².